The molecule has 1 N–H and O–H groups in total. The van der Waals surface area contributed by atoms with Crippen LogP contribution in [0.5, 0.6) is 0 Å². The number of likely N-dealkylation sites (tertiary alicyclic amines) is 1. The SMILES string of the molecule is CN(C)C(=O)c1ccc(NC(=O)CN2CCC(CCc3ccccc3)CC2)cc1. The normalized spacial score (nSPS) is 15.1. The fourth-order valence-electron chi connectivity index (χ4n) is 3.81. The second kappa shape index (κ2) is 10.2. The first-order chi connectivity index (χ1) is 14.0. The molecule has 2 aromatic carbocycles. The summed E-state index contributed by atoms with van der Waals surface area (Å²) >= 11 is 0. The van der Waals surface area contributed by atoms with Gasteiger partial charge in [0.15, 0.2) is 0 Å². The molecule has 0 atom stereocenters. The predicted molar refractivity (Wildman–Crippen MR) is 117 cm³/mol. The Morgan fingerprint density at radius 1 is 1.00 bits per heavy atom. The smallest absolute Gasteiger partial charge is 0.253 e. The zero-order valence-electron chi connectivity index (χ0n) is 17.4. The average Bonchev–Trinajstić information content (AvgIpc) is 2.74. The van der Waals surface area contributed by atoms with Gasteiger partial charge in [0, 0.05) is 25.3 Å². The number of hydrogen-bond acceptors (Lipinski definition) is 3. The van der Waals surface area contributed by atoms with Crippen LogP contribution in [0.15, 0.2) is 54.6 Å². The van der Waals surface area contributed by atoms with Gasteiger partial charge in [-0.2, -0.15) is 0 Å². The van der Waals surface area contributed by atoms with Gasteiger partial charge in [-0.3, -0.25) is 14.5 Å². The monoisotopic (exact) mass is 393 g/mol. The Balaban J connectivity index is 1.39. The largest absolute Gasteiger partial charge is 0.345 e. The second-order valence-corrected chi connectivity index (χ2v) is 8.07. The number of aryl methyl sites for hydroxylation is 1. The summed E-state index contributed by atoms with van der Waals surface area (Å²) in [7, 11) is 3.45. The van der Waals surface area contributed by atoms with E-state index in [-0.39, 0.29) is 11.8 Å². The van der Waals surface area contributed by atoms with Crippen molar-refractivity contribution in [1.82, 2.24) is 9.80 Å². The van der Waals surface area contributed by atoms with Crippen molar-refractivity contribution >= 4 is 17.5 Å². The van der Waals surface area contributed by atoms with Crippen molar-refractivity contribution < 1.29 is 9.59 Å². The van der Waals surface area contributed by atoms with Crippen molar-refractivity contribution in [2.75, 3.05) is 39.0 Å². The van der Waals surface area contributed by atoms with E-state index in [4.69, 9.17) is 0 Å². The molecular weight excluding hydrogens is 362 g/mol. The molecule has 5 nitrogen and oxygen atoms in total. The molecule has 1 aliphatic heterocycles. The van der Waals surface area contributed by atoms with Crippen LogP contribution in [0.3, 0.4) is 0 Å². The molecule has 0 spiro atoms. The summed E-state index contributed by atoms with van der Waals surface area (Å²) in [4.78, 5) is 28.1. The number of nitrogens with zero attached hydrogens (tertiary/aromatic N) is 2. The van der Waals surface area contributed by atoms with Gasteiger partial charge in [-0.05, 0) is 74.5 Å². The summed E-state index contributed by atoms with van der Waals surface area (Å²) in [6.07, 6.45) is 4.67. The quantitative estimate of drug-likeness (QED) is 0.781. The maximum atomic E-state index is 12.4. The molecule has 1 fully saturated rings. The minimum Gasteiger partial charge on any atom is -0.345 e. The lowest BCUT2D eigenvalue weighted by Gasteiger charge is -2.31. The third kappa shape index (κ3) is 6.43. The Morgan fingerprint density at radius 2 is 1.66 bits per heavy atom. The molecule has 0 bridgehead atoms. The molecule has 2 aromatic rings. The molecule has 1 saturated heterocycles. The van der Waals surface area contributed by atoms with Crippen molar-refractivity contribution in [1.29, 1.82) is 0 Å². The van der Waals surface area contributed by atoms with E-state index in [1.54, 1.807) is 38.4 Å². The number of piperidine rings is 1. The minimum absolute atomic E-state index is 0.000535. The molecule has 1 heterocycles. The van der Waals surface area contributed by atoms with Gasteiger partial charge in [-0.15, -0.1) is 0 Å². The molecule has 3 rings (SSSR count). The Kier molecular flexibility index (Phi) is 7.42. The fourth-order valence-corrected chi connectivity index (χ4v) is 3.81. The molecule has 0 radical (unpaired) electrons. The van der Waals surface area contributed by atoms with Crippen LogP contribution in [0, 0.1) is 5.92 Å². The third-order valence-electron chi connectivity index (χ3n) is 5.58. The highest BCUT2D eigenvalue weighted by atomic mass is 16.2. The van der Waals surface area contributed by atoms with Gasteiger partial charge in [0.05, 0.1) is 6.54 Å². The zero-order chi connectivity index (χ0) is 20.6. The van der Waals surface area contributed by atoms with Crippen LogP contribution >= 0.6 is 0 Å². The Bertz CT molecular complexity index is 795. The van der Waals surface area contributed by atoms with Gasteiger partial charge in [-0.1, -0.05) is 30.3 Å². The highest BCUT2D eigenvalue weighted by Gasteiger charge is 2.20. The zero-order valence-corrected chi connectivity index (χ0v) is 17.4. The second-order valence-electron chi connectivity index (χ2n) is 8.07. The summed E-state index contributed by atoms with van der Waals surface area (Å²) in [5.74, 6) is 0.703. The Morgan fingerprint density at radius 3 is 2.28 bits per heavy atom. The number of amides is 2. The molecule has 0 aromatic heterocycles. The summed E-state index contributed by atoms with van der Waals surface area (Å²) in [6.45, 7) is 2.37. The number of nitrogens with one attached hydrogen (secondary N) is 1. The van der Waals surface area contributed by atoms with Gasteiger partial charge in [0.2, 0.25) is 5.91 Å². The van der Waals surface area contributed by atoms with Crippen LogP contribution in [-0.4, -0.2) is 55.3 Å². The van der Waals surface area contributed by atoms with E-state index in [9.17, 15) is 9.59 Å². The van der Waals surface area contributed by atoms with Crippen LogP contribution in [0.25, 0.3) is 0 Å². The van der Waals surface area contributed by atoms with Crippen molar-refractivity contribution in [2.24, 2.45) is 5.92 Å². The number of carbonyl (C=O) groups is 2. The first-order valence-corrected chi connectivity index (χ1v) is 10.4. The third-order valence-corrected chi connectivity index (χ3v) is 5.58. The van der Waals surface area contributed by atoms with Crippen molar-refractivity contribution in [2.45, 2.75) is 25.7 Å². The highest BCUT2D eigenvalue weighted by molar-refractivity contribution is 5.96. The lowest BCUT2D eigenvalue weighted by Crippen LogP contribution is -2.39. The fraction of sp³-hybridized carbons (Fsp3) is 0.417. The van der Waals surface area contributed by atoms with E-state index in [0.29, 0.717) is 12.1 Å². The number of anilines is 1. The lowest BCUT2D eigenvalue weighted by atomic mass is 9.90. The van der Waals surface area contributed by atoms with Crippen LogP contribution < -0.4 is 5.32 Å². The molecule has 0 saturated carbocycles. The average molecular weight is 394 g/mol. The molecule has 2 amide bonds. The number of benzene rings is 2. The molecule has 0 unspecified atom stereocenters. The van der Waals surface area contributed by atoms with Gasteiger partial charge in [0.1, 0.15) is 0 Å². The van der Waals surface area contributed by atoms with E-state index in [2.05, 4.69) is 40.5 Å². The first kappa shape index (κ1) is 21.1. The maximum Gasteiger partial charge on any atom is 0.253 e. The van der Waals surface area contributed by atoms with Gasteiger partial charge >= 0.3 is 0 Å². The van der Waals surface area contributed by atoms with Crippen LogP contribution in [0.4, 0.5) is 5.69 Å². The first-order valence-electron chi connectivity index (χ1n) is 10.4. The van der Waals surface area contributed by atoms with E-state index in [0.717, 1.165) is 44.0 Å². The van der Waals surface area contributed by atoms with Gasteiger partial charge in [0.25, 0.3) is 5.91 Å². The summed E-state index contributed by atoms with van der Waals surface area (Å²) in [6, 6.07) is 17.7. The molecule has 154 valence electrons. The summed E-state index contributed by atoms with van der Waals surface area (Å²) in [5, 5.41) is 2.94. The van der Waals surface area contributed by atoms with Crippen molar-refractivity contribution in [3.8, 4) is 0 Å². The summed E-state index contributed by atoms with van der Waals surface area (Å²) in [5.41, 5.74) is 2.75. The van der Waals surface area contributed by atoms with E-state index >= 15 is 0 Å². The van der Waals surface area contributed by atoms with E-state index in [1.165, 1.54) is 16.9 Å². The van der Waals surface area contributed by atoms with Gasteiger partial charge < -0.3 is 10.2 Å². The summed E-state index contributed by atoms with van der Waals surface area (Å²) < 4.78 is 0. The molecule has 0 aliphatic carbocycles. The van der Waals surface area contributed by atoms with Crippen molar-refractivity contribution in [3.63, 3.8) is 0 Å². The number of carbonyl (C=O) groups excluding carboxylic acids is 2. The molecular formula is C24H31N3O2. The Labute approximate surface area is 173 Å². The number of hydrogen-bond donors (Lipinski definition) is 1. The topological polar surface area (TPSA) is 52.7 Å². The number of rotatable bonds is 7. The minimum atomic E-state index is -0.0435. The maximum absolute atomic E-state index is 12.4. The Hall–Kier alpha value is -2.66. The van der Waals surface area contributed by atoms with E-state index in [1.807, 2.05) is 0 Å². The predicted octanol–water partition coefficient (Wildman–Crippen LogP) is 3.67. The highest BCUT2D eigenvalue weighted by Crippen LogP contribution is 2.22. The van der Waals surface area contributed by atoms with E-state index < -0.39 is 0 Å². The van der Waals surface area contributed by atoms with Crippen LogP contribution in [0.2, 0.25) is 0 Å². The van der Waals surface area contributed by atoms with Crippen LogP contribution in [0.1, 0.15) is 35.2 Å². The molecule has 1 aliphatic rings. The van der Waals surface area contributed by atoms with Crippen molar-refractivity contribution in [3.05, 3.63) is 65.7 Å². The molecule has 29 heavy (non-hydrogen) atoms. The van der Waals surface area contributed by atoms with Gasteiger partial charge in [-0.25, -0.2) is 0 Å². The lowest BCUT2D eigenvalue weighted by molar-refractivity contribution is -0.117. The standard InChI is InChI=1S/C24H31N3O2/c1-26(2)24(29)21-10-12-22(13-11-21)25-23(28)18-27-16-14-20(15-17-27)9-8-19-6-4-3-5-7-19/h3-7,10-13,20H,8-9,14-18H2,1-2H3,(H,25,28). The van der Waals surface area contributed by atoms with Crippen LogP contribution in [-0.2, 0) is 11.2 Å². The molecule has 5 heteroatoms.